The van der Waals surface area contributed by atoms with Crippen LogP contribution in [0.5, 0.6) is 11.5 Å². The average molecular weight is 583 g/mol. The second-order valence-electron chi connectivity index (χ2n) is 10.2. The van der Waals surface area contributed by atoms with Gasteiger partial charge in [0.1, 0.15) is 60.2 Å². The van der Waals surface area contributed by atoms with E-state index in [0.717, 1.165) is 11.1 Å². The fourth-order valence-electron chi connectivity index (χ4n) is 3.78. The third-order valence-electron chi connectivity index (χ3n) is 6.33. The highest BCUT2D eigenvalue weighted by Crippen LogP contribution is 2.33. The van der Waals surface area contributed by atoms with Gasteiger partial charge in [0.05, 0.1) is 0 Å². The molecular formula is C35H38N2O6. The number of carbonyl (C=O) groups is 2. The van der Waals surface area contributed by atoms with E-state index >= 15 is 0 Å². The van der Waals surface area contributed by atoms with Crippen LogP contribution < -0.4 is 9.47 Å². The highest BCUT2D eigenvalue weighted by molar-refractivity contribution is 5.93. The number of ether oxygens (including phenoxy) is 4. The Morgan fingerprint density at radius 1 is 0.721 bits per heavy atom. The standard InChI is InChI=1S/C35H38N2O6/c1-7-9-11-27(21-36)33(38)42-25(3)23-40-31-17-13-29(14-18-31)35(5,6)30-15-19-32(20-16-30)41-24-26(4)43-34(39)28(22-37)12-10-8-2/h7-20,25-26H,23-24H2,1-6H3. The summed E-state index contributed by atoms with van der Waals surface area (Å²) in [7, 11) is 0. The molecule has 0 radical (unpaired) electrons. The third-order valence-corrected chi connectivity index (χ3v) is 6.33. The first kappa shape index (κ1) is 34.1. The van der Waals surface area contributed by atoms with E-state index in [9.17, 15) is 9.59 Å². The zero-order chi connectivity index (χ0) is 31.8. The average Bonchev–Trinajstić information content (AvgIpc) is 3.00. The van der Waals surface area contributed by atoms with Crippen molar-refractivity contribution in [2.45, 2.75) is 59.2 Å². The maximum absolute atomic E-state index is 12.1. The van der Waals surface area contributed by atoms with Crippen LogP contribution in [0.3, 0.4) is 0 Å². The Kier molecular flexibility index (Phi) is 13.5. The molecule has 0 aliphatic rings. The molecule has 2 aromatic rings. The second kappa shape index (κ2) is 17.0. The van der Waals surface area contributed by atoms with E-state index < -0.39 is 24.1 Å². The van der Waals surface area contributed by atoms with Gasteiger partial charge in [-0.05, 0) is 75.2 Å². The highest BCUT2D eigenvalue weighted by Gasteiger charge is 2.23. The van der Waals surface area contributed by atoms with Crippen molar-refractivity contribution in [1.29, 1.82) is 10.5 Å². The smallest absolute Gasteiger partial charge is 0.349 e. The molecule has 43 heavy (non-hydrogen) atoms. The Morgan fingerprint density at radius 2 is 1.07 bits per heavy atom. The number of rotatable bonds is 14. The Labute approximate surface area is 254 Å². The maximum Gasteiger partial charge on any atom is 0.349 e. The summed E-state index contributed by atoms with van der Waals surface area (Å²) in [6, 6.07) is 19.1. The minimum Gasteiger partial charge on any atom is -0.490 e. The summed E-state index contributed by atoms with van der Waals surface area (Å²) in [5.41, 5.74) is 1.68. The van der Waals surface area contributed by atoms with Crippen molar-refractivity contribution in [1.82, 2.24) is 0 Å². The van der Waals surface area contributed by atoms with Crippen LogP contribution in [0, 0.1) is 22.7 Å². The monoisotopic (exact) mass is 582 g/mol. The minimum absolute atomic E-state index is 0.0739. The van der Waals surface area contributed by atoms with Crippen LogP contribution in [-0.4, -0.2) is 37.4 Å². The van der Waals surface area contributed by atoms with Crippen LogP contribution in [-0.2, 0) is 24.5 Å². The van der Waals surface area contributed by atoms with Crippen LogP contribution in [0.4, 0.5) is 0 Å². The van der Waals surface area contributed by atoms with E-state index in [-0.39, 0.29) is 29.8 Å². The lowest BCUT2D eigenvalue weighted by molar-refractivity contribution is -0.145. The lowest BCUT2D eigenvalue weighted by Crippen LogP contribution is -2.23. The normalized spacial score (nSPS) is 13.6. The molecule has 0 heterocycles. The summed E-state index contributed by atoms with van der Waals surface area (Å²) in [4.78, 5) is 24.3. The molecule has 2 atom stereocenters. The molecule has 0 saturated carbocycles. The van der Waals surface area contributed by atoms with Gasteiger partial charge >= 0.3 is 11.9 Å². The molecule has 0 aliphatic carbocycles. The summed E-state index contributed by atoms with van der Waals surface area (Å²) >= 11 is 0. The number of esters is 2. The summed E-state index contributed by atoms with van der Waals surface area (Å²) in [6.45, 7) is 11.5. The third kappa shape index (κ3) is 10.7. The van der Waals surface area contributed by atoms with Gasteiger partial charge in [0.25, 0.3) is 0 Å². The number of allylic oxidation sites excluding steroid dienone is 6. The van der Waals surface area contributed by atoms with Gasteiger partial charge < -0.3 is 18.9 Å². The molecule has 8 heteroatoms. The molecule has 0 aromatic heterocycles. The van der Waals surface area contributed by atoms with Gasteiger partial charge in [-0.3, -0.25) is 0 Å². The predicted octanol–water partition coefficient (Wildman–Crippen LogP) is 6.69. The van der Waals surface area contributed by atoms with E-state index in [1.807, 2.05) is 60.7 Å². The van der Waals surface area contributed by atoms with Gasteiger partial charge in [-0.1, -0.05) is 62.4 Å². The number of hydrogen-bond donors (Lipinski definition) is 0. The fourth-order valence-corrected chi connectivity index (χ4v) is 3.78. The molecule has 0 fully saturated rings. The van der Waals surface area contributed by atoms with Crippen molar-refractivity contribution in [3.63, 3.8) is 0 Å². The molecule has 8 nitrogen and oxygen atoms in total. The van der Waals surface area contributed by atoms with Crippen LogP contribution >= 0.6 is 0 Å². The van der Waals surface area contributed by atoms with Crippen LogP contribution in [0.25, 0.3) is 0 Å². The van der Waals surface area contributed by atoms with Gasteiger partial charge in [-0.2, -0.15) is 10.5 Å². The number of nitrogens with zero attached hydrogens (tertiary/aromatic N) is 2. The van der Waals surface area contributed by atoms with Crippen molar-refractivity contribution >= 4 is 11.9 Å². The molecule has 0 saturated heterocycles. The molecule has 2 aromatic carbocycles. The van der Waals surface area contributed by atoms with Crippen molar-refractivity contribution in [3.05, 3.63) is 107 Å². The summed E-state index contributed by atoms with van der Waals surface area (Å²) < 4.78 is 22.2. The quantitative estimate of drug-likeness (QED) is 0.105. The largest absolute Gasteiger partial charge is 0.490 e. The van der Waals surface area contributed by atoms with Gasteiger partial charge in [0.15, 0.2) is 0 Å². The van der Waals surface area contributed by atoms with Crippen molar-refractivity contribution in [3.8, 4) is 23.6 Å². The molecular weight excluding hydrogens is 544 g/mol. The molecule has 0 bridgehead atoms. The summed E-state index contributed by atoms with van der Waals surface area (Å²) in [5.74, 6) is -0.119. The number of carbonyl (C=O) groups excluding carboxylic acids is 2. The summed E-state index contributed by atoms with van der Waals surface area (Å²) in [5, 5.41) is 18.3. The van der Waals surface area contributed by atoms with Gasteiger partial charge in [-0.15, -0.1) is 0 Å². The van der Waals surface area contributed by atoms with Gasteiger partial charge in [-0.25, -0.2) is 9.59 Å². The van der Waals surface area contributed by atoms with Crippen molar-refractivity contribution in [2.24, 2.45) is 0 Å². The summed E-state index contributed by atoms with van der Waals surface area (Å²) in [6.07, 6.45) is 8.38. The Hall–Kier alpha value is -5.08. The lowest BCUT2D eigenvalue weighted by atomic mass is 9.78. The first-order valence-corrected chi connectivity index (χ1v) is 13.9. The zero-order valence-electron chi connectivity index (χ0n) is 25.5. The van der Waals surface area contributed by atoms with E-state index in [1.54, 1.807) is 52.0 Å². The number of hydrogen-bond acceptors (Lipinski definition) is 8. The second-order valence-corrected chi connectivity index (χ2v) is 10.2. The fraction of sp³-hybridized carbons (Fsp3) is 0.314. The van der Waals surface area contributed by atoms with Crippen LogP contribution in [0.15, 0.2) is 96.1 Å². The van der Waals surface area contributed by atoms with E-state index in [4.69, 9.17) is 29.5 Å². The first-order valence-electron chi connectivity index (χ1n) is 13.9. The van der Waals surface area contributed by atoms with Gasteiger partial charge in [0, 0.05) is 5.41 Å². The Balaban J connectivity index is 1.93. The van der Waals surface area contributed by atoms with Crippen molar-refractivity contribution < 1.29 is 28.5 Å². The topological polar surface area (TPSA) is 119 Å². The Bertz CT molecular complexity index is 1330. The van der Waals surface area contributed by atoms with E-state index in [0.29, 0.717) is 11.5 Å². The number of nitriles is 2. The maximum atomic E-state index is 12.1. The molecule has 0 N–H and O–H groups in total. The molecule has 0 aliphatic heterocycles. The zero-order valence-corrected chi connectivity index (χ0v) is 25.5. The van der Waals surface area contributed by atoms with Crippen LogP contribution in [0.2, 0.25) is 0 Å². The van der Waals surface area contributed by atoms with Gasteiger partial charge in [0.2, 0.25) is 0 Å². The first-order chi connectivity index (χ1) is 20.5. The van der Waals surface area contributed by atoms with Crippen LogP contribution in [0.1, 0.15) is 52.7 Å². The molecule has 0 amide bonds. The lowest BCUT2D eigenvalue weighted by Gasteiger charge is -2.26. The molecule has 2 rings (SSSR count). The van der Waals surface area contributed by atoms with E-state index in [2.05, 4.69) is 13.8 Å². The molecule has 2 unspecified atom stereocenters. The molecule has 0 spiro atoms. The predicted molar refractivity (Wildman–Crippen MR) is 164 cm³/mol. The SMILES string of the molecule is CC=CC=C(C#N)C(=O)OC(C)COc1ccc(C(C)(C)c2ccc(OCC(C)OC(=O)C(C#N)=CC=CC)cc2)cc1. The Morgan fingerprint density at radius 3 is 1.37 bits per heavy atom. The van der Waals surface area contributed by atoms with Crippen molar-refractivity contribution in [2.75, 3.05) is 13.2 Å². The van der Waals surface area contributed by atoms with E-state index in [1.165, 1.54) is 12.2 Å². The minimum atomic E-state index is -0.689. The number of benzene rings is 2. The molecule has 224 valence electrons. The highest BCUT2D eigenvalue weighted by atomic mass is 16.6.